The molecule has 0 amide bonds. The van der Waals surface area contributed by atoms with Crippen molar-refractivity contribution in [3.63, 3.8) is 0 Å². The van der Waals surface area contributed by atoms with Crippen LogP contribution < -0.4 is 0 Å². The maximum absolute atomic E-state index is 0. The van der Waals surface area contributed by atoms with Gasteiger partial charge < -0.3 is 0 Å². The van der Waals surface area contributed by atoms with Gasteiger partial charge in [0.25, 0.3) is 0 Å². The Kier molecular flexibility index (Phi) is 128. The van der Waals surface area contributed by atoms with E-state index in [1.807, 2.05) is 0 Å². The van der Waals surface area contributed by atoms with Gasteiger partial charge in [0.2, 0.25) is 0 Å². The van der Waals surface area contributed by atoms with Gasteiger partial charge in [0.05, 0.1) is 0 Å². The molecule has 0 nitrogen and oxygen atoms in total. The summed E-state index contributed by atoms with van der Waals surface area (Å²) in [5.74, 6) is 0. The second-order valence-electron chi connectivity index (χ2n) is 0. The van der Waals surface area contributed by atoms with Crippen molar-refractivity contribution in [2.24, 2.45) is 0 Å². The molecule has 5 radical (unpaired) electrons. The van der Waals surface area contributed by atoms with Crippen molar-refractivity contribution in [3.05, 3.63) is 0 Å². The van der Waals surface area contributed by atoms with E-state index in [1.54, 1.807) is 0 Å². The summed E-state index contributed by atoms with van der Waals surface area (Å²) in [6.45, 7) is 0. The molecular formula is AlNbTaTi. The van der Waals surface area contributed by atoms with Crippen molar-refractivity contribution in [1.82, 2.24) is 0 Å². The Morgan fingerprint density at radius 2 is 1.00 bits per heavy atom. The molecule has 0 N–H and O–H groups in total. The first-order chi connectivity index (χ1) is 0. The van der Waals surface area contributed by atoms with E-state index >= 15 is 0 Å². The summed E-state index contributed by atoms with van der Waals surface area (Å²) in [5, 5.41) is 0. The third-order valence-electron chi connectivity index (χ3n) is 0. The van der Waals surface area contributed by atoms with Crippen LogP contribution in [0.5, 0.6) is 0 Å². The summed E-state index contributed by atoms with van der Waals surface area (Å²) >= 11 is 0. The molecule has 0 aromatic carbocycles. The molecule has 0 rings (SSSR count). The van der Waals surface area contributed by atoms with Crippen LogP contribution in [0.25, 0.3) is 0 Å². The molecule has 0 bridgehead atoms. The molecule has 0 aliphatic carbocycles. The molecular weight excluding hydrogens is 349 g/mol. The van der Waals surface area contributed by atoms with Gasteiger partial charge in [-0.3, -0.25) is 0 Å². The van der Waals surface area contributed by atoms with Crippen molar-refractivity contribution in [2.75, 3.05) is 0 Å². The van der Waals surface area contributed by atoms with Crippen LogP contribution in [0, 0.1) is 0 Å². The largest absolute Gasteiger partial charge is 0 e. The average Bonchev–Trinajstić information content (AvgIpc) is 0. The fraction of sp³-hybridized carbons (Fsp3) is 0. The van der Waals surface area contributed by atoms with Gasteiger partial charge in [-0.2, -0.15) is 0 Å². The summed E-state index contributed by atoms with van der Waals surface area (Å²) in [7, 11) is 0. The van der Waals surface area contributed by atoms with Crippen LogP contribution in [-0.4, -0.2) is 17.4 Å². The molecule has 0 aliphatic heterocycles. The fourth-order valence-corrected chi connectivity index (χ4v) is 0. The van der Waals surface area contributed by atoms with Crippen LogP contribution in [0.2, 0.25) is 0 Å². The molecule has 0 spiro atoms. The van der Waals surface area contributed by atoms with E-state index in [0.717, 1.165) is 0 Å². The van der Waals surface area contributed by atoms with Crippen LogP contribution in [0.3, 0.4) is 0 Å². The molecule has 4 heteroatoms. The maximum atomic E-state index is 0. The zero-order chi connectivity index (χ0) is 0. The molecule has 0 saturated carbocycles. The van der Waals surface area contributed by atoms with E-state index in [2.05, 4.69) is 0 Å². The standard InChI is InChI=1S/Al.Nb.Ta.Ti. The molecule has 0 atom stereocenters. The van der Waals surface area contributed by atoms with Gasteiger partial charge in [0.15, 0.2) is 0 Å². The number of rotatable bonds is 0. The van der Waals surface area contributed by atoms with E-state index < -0.39 is 0 Å². The summed E-state index contributed by atoms with van der Waals surface area (Å²) in [6.07, 6.45) is 0. The zero-order valence-electron chi connectivity index (χ0n) is 1.97. The third kappa shape index (κ3) is 8.83. The normalized spacial score (nSPS) is 0. The summed E-state index contributed by atoms with van der Waals surface area (Å²) in [5.41, 5.74) is 0. The van der Waals surface area contributed by atoms with Gasteiger partial charge in [-0.25, -0.2) is 0 Å². The molecule has 0 heterocycles. The molecule has 17 valence electrons. The fourth-order valence-electron chi connectivity index (χ4n) is 0. The summed E-state index contributed by atoms with van der Waals surface area (Å²) < 4.78 is 0. The monoisotopic (exact) mass is 349 g/mol. The SMILES string of the molecule is [Al].[Nb].[Ta].[Ti]. The van der Waals surface area contributed by atoms with Crippen LogP contribution in [0.15, 0.2) is 0 Å². The molecule has 0 saturated heterocycles. The van der Waals surface area contributed by atoms with Crippen LogP contribution in [0.4, 0.5) is 0 Å². The van der Waals surface area contributed by atoms with Crippen LogP contribution in [0.1, 0.15) is 0 Å². The number of hydrogen-bond donors (Lipinski definition) is 0. The van der Waals surface area contributed by atoms with E-state index in [4.69, 9.17) is 0 Å². The molecule has 0 aromatic rings. The van der Waals surface area contributed by atoms with Crippen LogP contribution >= 0.6 is 0 Å². The molecule has 0 unspecified atom stereocenters. The topological polar surface area (TPSA) is 0 Å². The Morgan fingerprint density at radius 3 is 1.00 bits per heavy atom. The minimum atomic E-state index is 0. The van der Waals surface area contributed by atoms with E-state index in [1.165, 1.54) is 0 Å². The number of hydrogen-bond acceptors (Lipinski definition) is 0. The van der Waals surface area contributed by atoms with Crippen molar-refractivity contribution in [3.8, 4) is 0 Å². The molecule has 0 aliphatic rings. The maximum Gasteiger partial charge on any atom is 0 e. The Balaban J connectivity index is 0. The first-order valence-electron chi connectivity index (χ1n) is 0. The average molecular weight is 349 g/mol. The van der Waals surface area contributed by atoms with Gasteiger partial charge in [-0.1, -0.05) is 0 Å². The van der Waals surface area contributed by atoms with Gasteiger partial charge in [0.1, 0.15) is 0 Å². The van der Waals surface area contributed by atoms with Crippen LogP contribution in [-0.2, 0) is 66.5 Å². The third-order valence-corrected chi connectivity index (χ3v) is 0. The van der Waals surface area contributed by atoms with E-state index in [-0.39, 0.29) is 83.8 Å². The predicted molar refractivity (Wildman–Crippen MR) is 5.75 cm³/mol. The Bertz CT molecular complexity index is 8.00. The minimum Gasteiger partial charge on any atom is 0 e. The second-order valence-corrected chi connectivity index (χ2v) is 0. The Morgan fingerprint density at radius 1 is 1.00 bits per heavy atom. The molecule has 0 fully saturated rings. The molecule has 4 heavy (non-hydrogen) atoms. The predicted octanol–water partition coefficient (Wildman–Crippen LogP) is -0.388. The van der Waals surface area contributed by atoms with E-state index in [9.17, 15) is 0 Å². The molecule has 0 aromatic heterocycles. The summed E-state index contributed by atoms with van der Waals surface area (Å²) in [4.78, 5) is 0. The van der Waals surface area contributed by atoms with E-state index in [0.29, 0.717) is 0 Å². The first-order valence-corrected chi connectivity index (χ1v) is 0. The minimum absolute atomic E-state index is 0. The van der Waals surface area contributed by atoms with Gasteiger partial charge in [-0.05, 0) is 0 Å². The summed E-state index contributed by atoms with van der Waals surface area (Å²) in [6, 6.07) is 0. The Hall–Kier alpha value is 2.73. The zero-order valence-corrected chi connectivity index (χ0v) is 10.1. The van der Waals surface area contributed by atoms with Crippen molar-refractivity contribution in [2.45, 2.75) is 0 Å². The van der Waals surface area contributed by atoms with Gasteiger partial charge in [0, 0.05) is 83.8 Å². The second kappa shape index (κ2) is 17.2. The quantitative estimate of drug-likeness (QED) is 0.523. The Labute approximate surface area is 82.5 Å². The first kappa shape index (κ1) is 29.7. The van der Waals surface area contributed by atoms with Crippen molar-refractivity contribution < 1.29 is 66.5 Å². The van der Waals surface area contributed by atoms with Crippen molar-refractivity contribution in [1.29, 1.82) is 0 Å². The van der Waals surface area contributed by atoms with Gasteiger partial charge >= 0.3 is 0 Å². The van der Waals surface area contributed by atoms with Crippen molar-refractivity contribution >= 4 is 17.4 Å². The smallest absolute Gasteiger partial charge is 0 e. The van der Waals surface area contributed by atoms with Gasteiger partial charge in [-0.15, -0.1) is 0 Å².